The Kier molecular flexibility index (Phi) is 28.0. The van der Waals surface area contributed by atoms with Crippen molar-refractivity contribution in [1.82, 2.24) is 0 Å². The highest BCUT2D eigenvalue weighted by molar-refractivity contribution is 6.47. The van der Waals surface area contributed by atoms with Gasteiger partial charge in [-0.2, -0.15) is 0 Å². The van der Waals surface area contributed by atoms with Crippen molar-refractivity contribution in [2.75, 3.05) is 0 Å². The summed E-state index contributed by atoms with van der Waals surface area (Å²) in [6.45, 7) is 6.10. The summed E-state index contributed by atoms with van der Waals surface area (Å²) in [6, 6.07) is 0. The van der Waals surface area contributed by atoms with Crippen LogP contribution in [0.2, 0.25) is 0 Å². The molecule has 0 amide bonds. The lowest BCUT2D eigenvalue weighted by Gasteiger charge is -2.16. The highest BCUT2D eigenvalue weighted by Crippen LogP contribution is 2.35. The van der Waals surface area contributed by atoms with Gasteiger partial charge in [0.1, 0.15) is 18.3 Å². The fourth-order valence-corrected chi connectivity index (χ4v) is 9.55. The quantitative estimate of drug-likeness (QED) is 0.126. The molecule has 0 aromatic heterocycles. The number of carbonyl (C=O) groups is 6. The second kappa shape index (κ2) is 33.8. The van der Waals surface area contributed by atoms with Gasteiger partial charge in [0.2, 0.25) is 0 Å². The van der Waals surface area contributed by atoms with E-state index in [0.29, 0.717) is 113 Å². The first-order valence-electron chi connectivity index (χ1n) is 26.2. The third-order valence-corrected chi connectivity index (χ3v) is 13.6. The third-order valence-electron chi connectivity index (χ3n) is 12.7. The minimum Gasteiger partial charge on any atom is -0.462 e. The molecule has 72 heavy (non-hydrogen) atoms. The number of ether oxygens (including phenoxy) is 3. The van der Waals surface area contributed by atoms with E-state index in [4.69, 9.17) is 49.0 Å². The van der Waals surface area contributed by atoms with Crippen LogP contribution in [0.15, 0.2) is 141 Å². The number of allylic oxidation sites excluding steroid dienone is 18. The summed E-state index contributed by atoms with van der Waals surface area (Å²) in [5, 5.41) is 0.517. The van der Waals surface area contributed by atoms with Crippen molar-refractivity contribution in [3.8, 4) is 0 Å². The molecule has 0 N–H and O–H groups in total. The van der Waals surface area contributed by atoms with Gasteiger partial charge in [-0.25, -0.2) is 0 Å². The Hall–Kier alpha value is -4.83. The van der Waals surface area contributed by atoms with E-state index in [-0.39, 0.29) is 87.4 Å². The highest BCUT2D eigenvalue weighted by Gasteiger charge is 2.31. The van der Waals surface area contributed by atoms with Crippen LogP contribution in [-0.4, -0.2) is 53.6 Å². The number of fused-ring (bicyclic) bond motifs is 3. The van der Waals surface area contributed by atoms with E-state index in [2.05, 4.69) is 0 Å². The van der Waals surface area contributed by atoms with Gasteiger partial charge in [-0.05, 0) is 77.0 Å². The van der Waals surface area contributed by atoms with E-state index in [0.717, 1.165) is 19.3 Å². The topological polar surface area (TPSA) is 130 Å². The molecule has 0 fully saturated rings. The van der Waals surface area contributed by atoms with Gasteiger partial charge in [0.25, 0.3) is 0 Å². The summed E-state index contributed by atoms with van der Waals surface area (Å²) in [7, 11) is 0. The van der Waals surface area contributed by atoms with Crippen LogP contribution in [0.5, 0.6) is 0 Å². The molecule has 0 spiro atoms. The van der Waals surface area contributed by atoms with E-state index in [1.54, 1.807) is 18.2 Å². The summed E-state index contributed by atoms with van der Waals surface area (Å²) >= 11 is 19.1. The smallest absolute Gasteiger partial charge is 0.306 e. The number of halogens is 3. The Morgan fingerprint density at radius 3 is 0.958 bits per heavy atom. The second-order valence-corrected chi connectivity index (χ2v) is 19.7. The fraction of sp³-hybridized carbons (Fsp3) is 0.500. The molecular formula is C60H75Cl3O9. The first-order valence-corrected chi connectivity index (χ1v) is 27.3. The molecular weight excluding hydrogens is 971 g/mol. The van der Waals surface area contributed by atoms with E-state index in [9.17, 15) is 28.8 Å². The molecule has 3 aliphatic carbocycles. The predicted molar refractivity (Wildman–Crippen MR) is 290 cm³/mol. The molecule has 390 valence electrons. The molecule has 0 radical (unpaired) electrons. The number of carbonyl (C=O) groups excluding carboxylic acids is 6. The summed E-state index contributed by atoms with van der Waals surface area (Å²) in [6.07, 6.45) is 44.6. The Morgan fingerprint density at radius 2 is 0.694 bits per heavy atom. The molecule has 0 aromatic carbocycles. The highest BCUT2D eigenvalue weighted by atomic mass is 35.5. The first-order chi connectivity index (χ1) is 34.8. The Morgan fingerprint density at radius 1 is 0.417 bits per heavy atom. The number of hydrogen-bond acceptors (Lipinski definition) is 9. The molecule has 0 saturated carbocycles. The van der Waals surface area contributed by atoms with Gasteiger partial charge >= 0.3 is 17.9 Å². The van der Waals surface area contributed by atoms with Crippen molar-refractivity contribution < 1.29 is 43.0 Å². The molecule has 1 aliphatic heterocycles. The Labute approximate surface area is 443 Å². The number of cyclic esters (lactones) is 3. The van der Waals surface area contributed by atoms with E-state index < -0.39 is 18.3 Å². The summed E-state index contributed by atoms with van der Waals surface area (Å²) in [4.78, 5) is 78.8. The maximum atomic E-state index is 13.2. The molecule has 6 atom stereocenters. The molecule has 12 heteroatoms. The molecule has 6 unspecified atom stereocenters. The molecule has 4 rings (SSSR count). The van der Waals surface area contributed by atoms with Crippen LogP contribution in [0.1, 0.15) is 156 Å². The molecule has 9 nitrogen and oxygen atoms in total. The Bertz CT molecular complexity index is 2000. The normalized spacial score (nSPS) is 26.1. The maximum Gasteiger partial charge on any atom is 0.306 e. The second-order valence-electron chi connectivity index (χ2n) is 18.5. The van der Waals surface area contributed by atoms with Gasteiger partial charge in [-0.3, -0.25) is 28.8 Å². The van der Waals surface area contributed by atoms with Crippen LogP contribution in [0, 0.1) is 17.8 Å². The number of Topliss-reactive ketones (excluding diaryl/α,β-unsaturated/α-hetero) is 3. The van der Waals surface area contributed by atoms with Crippen molar-refractivity contribution in [2.24, 2.45) is 17.8 Å². The maximum absolute atomic E-state index is 13.2. The van der Waals surface area contributed by atoms with Crippen molar-refractivity contribution in [3.63, 3.8) is 0 Å². The van der Waals surface area contributed by atoms with Crippen molar-refractivity contribution in [2.45, 2.75) is 174 Å². The van der Waals surface area contributed by atoms with Gasteiger partial charge < -0.3 is 14.2 Å². The summed E-state index contributed by atoms with van der Waals surface area (Å²) in [5.74, 6) is -2.30. The van der Waals surface area contributed by atoms with Crippen LogP contribution in [0.25, 0.3) is 0 Å². The minimum atomic E-state index is -0.455. The lowest BCUT2D eigenvalue weighted by molar-refractivity contribution is -0.149. The average molecular weight is 1050 g/mol. The van der Waals surface area contributed by atoms with E-state index in [1.807, 2.05) is 112 Å². The van der Waals surface area contributed by atoms with E-state index in [1.165, 1.54) is 0 Å². The van der Waals surface area contributed by atoms with Gasteiger partial charge in [0.05, 0.1) is 15.1 Å². The van der Waals surface area contributed by atoms with Gasteiger partial charge in [0, 0.05) is 92.3 Å². The number of ketones is 3. The van der Waals surface area contributed by atoms with Crippen LogP contribution < -0.4 is 0 Å². The van der Waals surface area contributed by atoms with Crippen LogP contribution in [-0.2, 0) is 43.0 Å². The average Bonchev–Trinajstić information content (AvgIpc) is 3.90. The third kappa shape index (κ3) is 21.3. The van der Waals surface area contributed by atoms with Crippen LogP contribution >= 0.6 is 34.8 Å². The summed E-state index contributed by atoms with van der Waals surface area (Å²) in [5.41, 5.74) is 1.73. The lowest BCUT2D eigenvalue weighted by Crippen LogP contribution is -2.18. The SMILES string of the molecule is CCC=CCC1CC=C2C(=O)C(Cl)=CC2CC=CCCCC(=O)OC(CC=CCC)CC=C2C(=O)C(Cl)=CC2CC=CCCCC(=O)OC(CC=CCC)CC=C2C(=O)C(Cl)=CC2CC=CCCCC(=O)O1. The molecule has 0 saturated heterocycles. The summed E-state index contributed by atoms with van der Waals surface area (Å²) < 4.78 is 17.8. The van der Waals surface area contributed by atoms with Crippen LogP contribution in [0.3, 0.4) is 0 Å². The molecule has 1 heterocycles. The van der Waals surface area contributed by atoms with E-state index >= 15 is 0 Å². The van der Waals surface area contributed by atoms with Crippen molar-refractivity contribution >= 4 is 70.1 Å². The molecule has 0 aromatic rings. The number of esters is 3. The zero-order valence-corrected chi connectivity index (χ0v) is 44.8. The van der Waals surface area contributed by atoms with Crippen molar-refractivity contribution in [3.05, 3.63) is 141 Å². The van der Waals surface area contributed by atoms with Gasteiger partial charge in [0.15, 0.2) is 17.3 Å². The number of rotatable bonds is 9. The standard InChI is InChI=1S/C60H75Cl3O9/c1-4-7-16-28-46-34-37-49-43(40-52(61)58(49)67)25-19-11-14-23-32-56(65)71-48(30-18-9-6-3)36-39-51-45(42-54(63)60(51)69)27-21-12-15-24-33-57(66)72-47(29-17-8-5-2)35-38-50-44(41-53(62)59(50)68)26-20-10-13-22-31-55(64)70-46/h7-12,16-21,37-48H,4-6,13-15,22-36H2,1-3H3. The fourth-order valence-electron chi connectivity index (χ4n) is 8.77. The van der Waals surface area contributed by atoms with Crippen LogP contribution in [0.4, 0.5) is 0 Å². The largest absolute Gasteiger partial charge is 0.462 e. The zero-order chi connectivity index (χ0) is 52.1. The lowest BCUT2D eigenvalue weighted by atomic mass is 9.96. The van der Waals surface area contributed by atoms with Crippen molar-refractivity contribution in [1.29, 1.82) is 0 Å². The predicted octanol–water partition coefficient (Wildman–Crippen LogP) is 15.1. The monoisotopic (exact) mass is 1040 g/mol. The Balaban J connectivity index is 1.51. The minimum absolute atomic E-state index is 0.172. The zero-order valence-electron chi connectivity index (χ0n) is 42.5. The number of hydrogen-bond donors (Lipinski definition) is 0. The van der Waals surface area contributed by atoms with Gasteiger partial charge in [-0.1, -0.05) is 165 Å². The van der Waals surface area contributed by atoms with Gasteiger partial charge in [-0.15, -0.1) is 0 Å². The first kappa shape index (κ1) is 59.7. The molecule has 0 bridgehead atoms. The molecule has 4 aliphatic rings.